The highest BCUT2D eigenvalue weighted by Gasteiger charge is 2.23. The van der Waals surface area contributed by atoms with Gasteiger partial charge in [0.15, 0.2) is 0 Å². The second-order valence-electron chi connectivity index (χ2n) is 4.98. The Labute approximate surface area is 123 Å². The number of rotatable bonds is 3. The average molecular weight is 329 g/mol. The summed E-state index contributed by atoms with van der Waals surface area (Å²) in [5, 5.41) is 4.60. The van der Waals surface area contributed by atoms with Gasteiger partial charge in [0.25, 0.3) is 0 Å². The van der Waals surface area contributed by atoms with Crippen molar-refractivity contribution in [2.45, 2.75) is 30.9 Å². The van der Waals surface area contributed by atoms with Crippen molar-refractivity contribution in [1.82, 2.24) is 5.32 Å². The van der Waals surface area contributed by atoms with E-state index in [0.29, 0.717) is 10.5 Å². The van der Waals surface area contributed by atoms with Crippen LogP contribution < -0.4 is 10.2 Å². The zero-order valence-electron chi connectivity index (χ0n) is 11.2. The summed E-state index contributed by atoms with van der Waals surface area (Å²) in [6.07, 6.45) is 0. The third-order valence-corrected chi connectivity index (χ3v) is 5.02. The molecule has 0 spiro atoms. The SMILES string of the molecule is CNCc1ccc(N2CC(C)SC(C)C2)c(Br)c1. The number of thioether (sulfide) groups is 1. The lowest BCUT2D eigenvalue weighted by Crippen LogP contribution is -2.40. The van der Waals surface area contributed by atoms with Gasteiger partial charge in [-0.25, -0.2) is 0 Å². The van der Waals surface area contributed by atoms with E-state index in [2.05, 4.69) is 70.0 Å². The molecule has 1 heterocycles. The molecule has 1 saturated heterocycles. The van der Waals surface area contributed by atoms with Gasteiger partial charge in [-0.05, 0) is 40.7 Å². The van der Waals surface area contributed by atoms with Gasteiger partial charge in [0.2, 0.25) is 0 Å². The van der Waals surface area contributed by atoms with Gasteiger partial charge in [-0.2, -0.15) is 11.8 Å². The van der Waals surface area contributed by atoms with Gasteiger partial charge in [-0.1, -0.05) is 19.9 Å². The quantitative estimate of drug-likeness (QED) is 0.914. The first-order valence-corrected chi connectivity index (χ1v) is 8.17. The fraction of sp³-hybridized carbons (Fsp3) is 0.571. The molecule has 1 aliphatic rings. The van der Waals surface area contributed by atoms with Crippen molar-refractivity contribution < 1.29 is 0 Å². The molecule has 0 amide bonds. The number of nitrogens with zero attached hydrogens (tertiary/aromatic N) is 1. The van der Waals surface area contributed by atoms with Gasteiger partial charge in [0, 0.05) is 34.6 Å². The number of nitrogens with one attached hydrogen (secondary N) is 1. The third-order valence-electron chi connectivity index (χ3n) is 3.15. The van der Waals surface area contributed by atoms with E-state index in [1.807, 2.05) is 7.05 Å². The lowest BCUT2D eigenvalue weighted by Gasteiger charge is -2.36. The van der Waals surface area contributed by atoms with Crippen LogP contribution in [0.15, 0.2) is 22.7 Å². The Bertz CT molecular complexity index is 401. The van der Waals surface area contributed by atoms with Gasteiger partial charge in [0.05, 0.1) is 5.69 Å². The van der Waals surface area contributed by atoms with Crippen LogP contribution in [0.2, 0.25) is 0 Å². The Hall–Kier alpha value is -0.190. The number of benzene rings is 1. The predicted molar refractivity (Wildman–Crippen MR) is 85.6 cm³/mol. The van der Waals surface area contributed by atoms with E-state index in [4.69, 9.17) is 0 Å². The predicted octanol–water partition coefficient (Wildman–Crippen LogP) is 3.50. The average Bonchev–Trinajstić information content (AvgIpc) is 2.28. The molecule has 1 fully saturated rings. The molecule has 2 rings (SSSR count). The van der Waals surface area contributed by atoms with Crippen LogP contribution >= 0.6 is 27.7 Å². The number of halogens is 1. The highest BCUT2D eigenvalue weighted by Crippen LogP contribution is 2.33. The Morgan fingerprint density at radius 1 is 1.33 bits per heavy atom. The molecule has 2 nitrogen and oxygen atoms in total. The zero-order valence-corrected chi connectivity index (χ0v) is 13.6. The van der Waals surface area contributed by atoms with Crippen molar-refractivity contribution in [3.8, 4) is 0 Å². The first kappa shape index (κ1) is 14.2. The summed E-state index contributed by atoms with van der Waals surface area (Å²) < 4.78 is 1.21. The molecule has 0 aromatic heterocycles. The third kappa shape index (κ3) is 3.43. The van der Waals surface area contributed by atoms with Crippen molar-refractivity contribution in [3.63, 3.8) is 0 Å². The van der Waals surface area contributed by atoms with Gasteiger partial charge in [-0.3, -0.25) is 0 Å². The van der Waals surface area contributed by atoms with E-state index < -0.39 is 0 Å². The maximum absolute atomic E-state index is 3.72. The summed E-state index contributed by atoms with van der Waals surface area (Å²) >= 11 is 5.81. The summed E-state index contributed by atoms with van der Waals surface area (Å²) in [4.78, 5) is 2.50. The molecular weight excluding hydrogens is 308 g/mol. The lowest BCUT2D eigenvalue weighted by molar-refractivity contribution is 0.726. The van der Waals surface area contributed by atoms with Crippen LogP contribution in [-0.4, -0.2) is 30.6 Å². The van der Waals surface area contributed by atoms with Crippen LogP contribution in [0.25, 0.3) is 0 Å². The minimum Gasteiger partial charge on any atom is -0.368 e. The van der Waals surface area contributed by atoms with E-state index in [1.54, 1.807) is 0 Å². The molecule has 0 bridgehead atoms. The zero-order chi connectivity index (χ0) is 13.1. The van der Waals surface area contributed by atoms with E-state index in [0.717, 1.165) is 19.6 Å². The van der Waals surface area contributed by atoms with Crippen molar-refractivity contribution in [3.05, 3.63) is 28.2 Å². The Balaban J connectivity index is 2.17. The molecule has 1 N–H and O–H groups in total. The molecule has 1 aliphatic heterocycles. The highest BCUT2D eigenvalue weighted by atomic mass is 79.9. The maximum atomic E-state index is 3.72. The minimum atomic E-state index is 0.706. The molecular formula is C14H21BrN2S. The lowest BCUT2D eigenvalue weighted by atomic mass is 10.2. The molecule has 18 heavy (non-hydrogen) atoms. The fourth-order valence-corrected chi connectivity index (χ4v) is 4.50. The first-order valence-electron chi connectivity index (χ1n) is 6.43. The number of hydrogen-bond acceptors (Lipinski definition) is 3. The highest BCUT2D eigenvalue weighted by molar-refractivity contribution is 9.10. The molecule has 1 aromatic carbocycles. The van der Waals surface area contributed by atoms with Crippen LogP contribution in [0.3, 0.4) is 0 Å². The van der Waals surface area contributed by atoms with Crippen molar-refractivity contribution in [2.75, 3.05) is 25.0 Å². The first-order chi connectivity index (χ1) is 8.60. The molecule has 1 aromatic rings. The van der Waals surface area contributed by atoms with Gasteiger partial charge in [0.1, 0.15) is 0 Å². The van der Waals surface area contributed by atoms with Crippen LogP contribution in [0.5, 0.6) is 0 Å². The van der Waals surface area contributed by atoms with Gasteiger partial charge < -0.3 is 10.2 Å². The Kier molecular flexibility index (Phi) is 4.98. The topological polar surface area (TPSA) is 15.3 Å². The van der Waals surface area contributed by atoms with Crippen molar-refractivity contribution >= 4 is 33.4 Å². The molecule has 100 valence electrons. The molecule has 0 aliphatic carbocycles. The molecule has 0 saturated carbocycles. The Morgan fingerprint density at radius 2 is 2.00 bits per heavy atom. The standard InChI is InChI=1S/C14H21BrN2S/c1-10-8-17(9-11(2)18-10)14-5-4-12(7-16-3)6-13(14)15/h4-6,10-11,16H,7-9H2,1-3H3. The monoisotopic (exact) mass is 328 g/mol. The van der Waals surface area contributed by atoms with E-state index in [-0.39, 0.29) is 0 Å². The Morgan fingerprint density at radius 3 is 2.56 bits per heavy atom. The van der Waals surface area contributed by atoms with Crippen LogP contribution in [0, 0.1) is 0 Å². The summed E-state index contributed by atoms with van der Waals surface area (Å²) in [5.74, 6) is 0. The van der Waals surface area contributed by atoms with Crippen molar-refractivity contribution in [1.29, 1.82) is 0 Å². The summed E-state index contributed by atoms with van der Waals surface area (Å²) in [6, 6.07) is 6.68. The summed E-state index contributed by atoms with van der Waals surface area (Å²) in [7, 11) is 1.98. The molecule has 0 radical (unpaired) electrons. The van der Waals surface area contributed by atoms with E-state index in [9.17, 15) is 0 Å². The summed E-state index contributed by atoms with van der Waals surface area (Å²) in [6.45, 7) is 7.83. The van der Waals surface area contributed by atoms with Crippen LogP contribution in [-0.2, 0) is 6.54 Å². The van der Waals surface area contributed by atoms with Crippen LogP contribution in [0.1, 0.15) is 19.4 Å². The molecule has 4 heteroatoms. The van der Waals surface area contributed by atoms with Crippen molar-refractivity contribution in [2.24, 2.45) is 0 Å². The number of hydrogen-bond donors (Lipinski definition) is 1. The second-order valence-corrected chi connectivity index (χ2v) is 7.71. The largest absolute Gasteiger partial charge is 0.368 e. The van der Waals surface area contributed by atoms with E-state index >= 15 is 0 Å². The summed E-state index contributed by atoms with van der Waals surface area (Å²) in [5.41, 5.74) is 2.65. The van der Waals surface area contributed by atoms with E-state index in [1.165, 1.54) is 15.7 Å². The van der Waals surface area contributed by atoms with Gasteiger partial charge in [-0.15, -0.1) is 0 Å². The minimum absolute atomic E-state index is 0.706. The molecule has 2 atom stereocenters. The maximum Gasteiger partial charge on any atom is 0.0511 e. The smallest absolute Gasteiger partial charge is 0.0511 e. The fourth-order valence-electron chi connectivity index (χ4n) is 2.50. The second kappa shape index (κ2) is 6.31. The molecule has 2 unspecified atom stereocenters. The van der Waals surface area contributed by atoms with Gasteiger partial charge >= 0.3 is 0 Å². The van der Waals surface area contributed by atoms with Crippen LogP contribution in [0.4, 0.5) is 5.69 Å². The normalized spacial score (nSPS) is 24.3. The number of anilines is 1.